The fourth-order valence-corrected chi connectivity index (χ4v) is 3.40. The molecular weight excluding hydrogens is 244 g/mol. The van der Waals surface area contributed by atoms with Gasteiger partial charge in [0.2, 0.25) is 0 Å². The van der Waals surface area contributed by atoms with Crippen molar-refractivity contribution in [2.45, 2.75) is 31.4 Å². The highest BCUT2D eigenvalue weighted by Gasteiger charge is 2.41. The first-order valence-corrected chi connectivity index (χ1v) is 6.95. The van der Waals surface area contributed by atoms with E-state index in [1.54, 1.807) is 11.3 Å². The van der Waals surface area contributed by atoms with Gasteiger partial charge in [-0.1, -0.05) is 24.3 Å². The highest BCUT2D eigenvalue weighted by atomic mass is 32.1. The molecule has 0 bridgehead atoms. The molecule has 1 aliphatic carbocycles. The van der Waals surface area contributed by atoms with E-state index in [-0.39, 0.29) is 6.04 Å². The van der Waals surface area contributed by atoms with Crippen LogP contribution >= 0.6 is 11.3 Å². The predicted molar refractivity (Wildman–Crippen MR) is 72.4 cm³/mol. The number of aryl methyl sites for hydroxylation is 1. The third-order valence-corrected chi connectivity index (χ3v) is 4.38. The lowest BCUT2D eigenvalue weighted by molar-refractivity contribution is 0.0333. The number of nitrogens with zero attached hydrogens (tertiary/aromatic N) is 1. The van der Waals surface area contributed by atoms with E-state index in [2.05, 4.69) is 4.98 Å². The number of rotatable bonds is 2. The first kappa shape index (κ1) is 11.8. The minimum atomic E-state index is -0.865. The van der Waals surface area contributed by atoms with E-state index in [0.717, 1.165) is 21.8 Å². The second kappa shape index (κ2) is 4.16. The standard InChI is InChI=1S/C14H16N2OS/c1-9-16-10(8-18-9)6-14(17)7-13(15)11-4-2-3-5-12(11)14/h2-5,8,13,17H,6-7,15H2,1H3. The molecule has 2 aromatic rings. The number of hydrogen-bond acceptors (Lipinski definition) is 4. The molecule has 1 aliphatic rings. The van der Waals surface area contributed by atoms with Crippen LogP contribution in [0.3, 0.4) is 0 Å². The Morgan fingerprint density at radius 2 is 2.28 bits per heavy atom. The van der Waals surface area contributed by atoms with Crippen LogP contribution in [0.1, 0.15) is 34.3 Å². The van der Waals surface area contributed by atoms with Gasteiger partial charge in [0.25, 0.3) is 0 Å². The van der Waals surface area contributed by atoms with Gasteiger partial charge in [-0.15, -0.1) is 11.3 Å². The molecule has 3 nitrogen and oxygen atoms in total. The van der Waals surface area contributed by atoms with Crippen LogP contribution in [-0.2, 0) is 12.0 Å². The number of hydrogen-bond donors (Lipinski definition) is 2. The first-order valence-electron chi connectivity index (χ1n) is 6.07. The summed E-state index contributed by atoms with van der Waals surface area (Å²) < 4.78 is 0. The van der Waals surface area contributed by atoms with Gasteiger partial charge in [0, 0.05) is 17.8 Å². The van der Waals surface area contributed by atoms with Crippen molar-refractivity contribution < 1.29 is 5.11 Å². The van der Waals surface area contributed by atoms with Crippen molar-refractivity contribution >= 4 is 11.3 Å². The quantitative estimate of drug-likeness (QED) is 0.871. The molecule has 0 spiro atoms. The second-order valence-corrected chi connectivity index (χ2v) is 6.03. The first-order chi connectivity index (χ1) is 8.58. The normalized spacial score (nSPS) is 26.3. The van der Waals surface area contributed by atoms with E-state index >= 15 is 0 Å². The van der Waals surface area contributed by atoms with Crippen molar-refractivity contribution in [2.24, 2.45) is 5.73 Å². The van der Waals surface area contributed by atoms with Crippen LogP contribution in [-0.4, -0.2) is 10.1 Å². The molecule has 3 rings (SSSR count). The smallest absolute Gasteiger partial charge is 0.0973 e. The van der Waals surface area contributed by atoms with Crippen LogP contribution in [0, 0.1) is 6.92 Å². The van der Waals surface area contributed by atoms with Crippen LogP contribution in [0.5, 0.6) is 0 Å². The van der Waals surface area contributed by atoms with Crippen molar-refractivity contribution in [2.75, 3.05) is 0 Å². The Bertz CT molecular complexity index is 581. The molecule has 2 atom stereocenters. The topological polar surface area (TPSA) is 59.1 Å². The third-order valence-electron chi connectivity index (χ3n) is 3.56. The van der Waals surface area contributed by atoms with Gasteiger partial charge >= 0.3 is 0 Å². The fourth-order valence-electron chi connectivity index (χ4n) is 2.78. The molecule has 18 heavy (non-hydrogen) atoms. The van der Waals surface area contributed by atoms with Crippen molar-refractivity contribution in [1.29, 1.82) is 0 Å². The Balaban J connectivity index is 1.97. The summed E-state index contributed by atoms with van der Waals surface area (Å²) in [6.45, 7) is 1.98. The molecule has 0 saturated carbocycles. The van der Waals surface area contributed by atoms with Gasteiger partial charge in [-0.3, -0.25) is 0 Å². The molecule has 4 heteroatoms. The summed E-state index contributed by atoms with van der Waals surface area (Å²) in [5.74, 6) is 0. The average molecular weight is 260 g/mol. The summed E-state index contributed by atoms with van der Waals surface area (Å²) in [7, 11) is 0. The molecule has 1 aromatic carbocycles. The Morgan fingerprint density at radius 3 is 3.00 bits per heavy atom. The Morgan fingerprint density at radius 1 is 1.50 bits per heavy atom. The zero-order valence-electron chi connectivity index (χ0n) is 10.3. The van der Waals surface area contributed by atoms with Gasteiger partial charge in [0.1, 0.15) is 0 Å². The maximum absolute atomic E-state index is 10.9. The number of thiazole rings is 1. The highest BCUT2D eigenvalue weighted by Crippen LogP contribution is 2.43. The maximum Gasteiger partial charge on any atom is 0.0973 e. The fraction of sp³-hybridized carbons (Fsp3) is 0.357. The van der Waals surface area contributed by atoms with E-state index in [9.17, 15) is 5.11 Å². The molecular formula is C14H16N2OS. The van der Waals surface area contributed by atoms with Crippen LogP contribution < -0.4 is 5.73 Å². The van der Waals surface area contributed by atoms with E-state index in [0.29, 0.717) is 12.8 Å². The second-order valence-electron chi connectivity index (χ2n) is 4.96. The third kappa shape index (κ3) is 1.86. The summed E-state index contributed by atoms with van der Waals surface area (Å²) >= 11 is 1.62. The molecule has 0 fully saturated rings. The highest BCUT2D eigenvalue weighted by molar-refractivity contribution is 7.09. The Labute approximate surface area is 110 Å². The number of aromatic nitrogens is 1. The molecule has 2 unspecified atom stereocenters. The van der Waals surface area contributed by atoms with Gasteiger partial charge in [-0.2, -0.15) is 0 Å². The summed E-state index contributed by atoms with van der Waals surface area (Å²) in [6.07, 6.45) is 1.12. The lowest BCUT2D eigenvalue weighted by Gasteiger charge is -2.23. The van der Waals surface area contributed by atoms with Crippen LogP contribution in [0.25, 0.3) is 0 Å². The SMILES string of the molecule is Cc1nc(CC2(O)CC(N)c3ccccc32)cs1. The summed E-state index contributed by atoms with van der Waals surface area (Å²) in [5.41, 5.74) is 8.21. The van der Waals surface area contributed by atoms with Crippen molar-refractivity contribution in [3.63, 3.8) is 0 Å². The van der Waals surface area contributed by atoms with Gasteiger partial charge in [0.05, 0.1) is 16.3 Å². The minimum Gasteiger partial charge on any atom is -0.385 e. The van der Waals surface area contributed by atoms with E-state index in [1.165, 1.54) is 0 Å². The summed E-state index contributed by atoms with van der Waals surface area (Å²) in [4.78, 5) is 4.44. The van der Waals surface area contributed by atoms with Gasteiger partial charge in [-0.05, 0) is 24.5 Å². The molecule has 1 aromatic heterocycles. The van der Waals surface area contributed by atoms with Crippen molar-refractivity contribution in [3.05, 3.63) is 51.5 Å². The maximum atomic E-state index is 10.9. The molecule has 94 valence electrons. The molecule has 0 radical (unpaired) electrons. The van der Waals surface area contributed by atoms with Crippen molar-refractivity contribution in [3.8, 4) is 0 Å². The summed E-state index contributed by atoms with van der Waals surface area (Å²) in [5, 5.41) is 13.9. The minimum absolute atomic E-state index is 0.0778. The van der Waals surface area contributed by atoms with Gasteiger partial charge in [0.15, 0.2) is 0 Å². The number of nitrogens with two attached hydrogens (primary N) is 1. The molecule has 0 saturated heterocycles. The Hall–Kier alpha value is -1.23. The summed E-state index contributed by atoms with van der Waals surface area (Å²) in [6, 6.07) is 7.82. The largest absolute Gasteiger partial charge is 0.385 e. The lowest BCUT2D eigenvalue weighted by Crippen LogP contribution is -2.26. The molecule has 0 amide bonds. The lowest BCUT2D eigenvalue weighted by atomic mass is 9.91. The van der Waals surface area contributed by atoms with E-state index in [1.807, 2.05) is 36.6 Å². The number of fused-ring (bicyclic) bond motifs is 1. The Kier molecular flexibility index (Phi) is 2.73. The number of aliphatic hydroxyl groups is 1. The molecule has 1 heterocycles. The van der Waals surface area contributed by atoms with Gasteiger partial charge < -0.3 is 10.8 Å². The van der Waals surface area contributed by atoms with Crippen LogP contribution in [0.4, 0.5) is 0 Å². The predicted octanol–water partition coefficient (Wildman–Crippen LogP) is 2.29. The monoisotopic (exact) mass is 260 g/mol. The van der Waals surface area contributed by atoms with E-state index in [4.69, 9.17) is 5.73 Å². The zero-order valence-corrected chi connectivity index (χ0v) is 11.1. The van der Waals surface area contributed by atoms with Crippen LogP contribution in [0.15, 0.2) is 29.6 Å². The van der Waals surface area contributed by atoms with Crippen molar-refractivity contribution in [1.82, 2.24) is 4.98 Å². The average Bonchev–Trinajstić information content (AvgIpc) is 2.84. The van der Waals surface area contributed by atoms with Crippen LogP contribution in [0.2, 0.25) is 0 Å². The van der Waals surface area contributed by atoms with Gasteiger partial charge in [-0.25, -0.2) is 4.98 Å². The number of benzene rings is 1. The molecule has 0 aliphatic heterocycles. The van der Waals surface area contributed by atoms with E-state index < -0.39 is 5.60 Å². The molecule has 3 N–H and O–H groups in total. The zero-order chi connectivity index (χ0) is 12.8.